The van der Waals surface area contributed by atoms with Crippen LogP contribution in [0.25, 0.3) is 0 Å². The van der Waals surface area contributed by atoms with Crippen LogP contribution >= 0.6 is 11.8 Å². The minimum absolute atomic E-state index is 0.0512. The van der Waals surface area contributed by atoms with Crippen molar-refractivity contribution < 1.29 is 13.2 Å². The van der Waals surface area contributed by atoms with Gasteiger partial charge in [0.1, 0.15) is 0 Å². The molecular formula is C11H22N2O3S2. The zero-order valence-corrected chi connectivity index (χ0v) is 12.6. The van der Waals surface area contributed by atoms with Crippen molar-refractivity contribution >= 4 is 27.5 Å². The number of hydrogen-bond acceptors (Lipinski definition) is 5. The number of amides is 1. The van der Waals surface area contributed by atoms with Gasteiger partial charge in [0, 0.05) is 0 Å². The number of nitrogens with one attached hydrogen (secondary N) is 1. The van der Waals surface area contributed by atoms with Crippen molar-refractivity contribution in [3.63, 3.8) is 0 Å². The van der Waals surface area contributed by atoms with E-state index in [-0.39, 0.29) is 17.4 Å². The molecule has 2 atom stereocenters. The minimum atomic E-state index is -2.98. The number of rotatable bonds is 6. The van der Waals surface area contributed by atoms with Crippen LogP contribution in [-0.4, -0.2) is 49.4 Å². The molecule has 0 saturated carbocycles. The molecule has 3 N–H and O–H groups in total. The van der Waals surface area contributed by atoms with Gasteiger partial charge in [-0.15, -0.1) is 0 Å². The highest BCUT2D eigenvalue weighted by Crippen LogP contribution is 2.22. The van der Waals surface area contributed by atoms with Gasteiger partial charge < -0.3 is 11.1 Å². The van der Waals surface area contributed by atoms with Crippen molar-refractivity contribution in [1.82, 2.24) is 5.32 Å². The number of sulfone groups is 1. The van der Waals surface area contributed by atoms with Crippen molar-refractivity contribution in [3.05, 3.63) is 0 Å². The molecule has 7 heteroatoms. The van der Waals surface area contributed by atoms with E-state index < -0.39 is 15.4 Å². The summed E-state index contributed by atoms with van der Waals surface area (Å²) in [7, 11) is -2.98. The fourth-order valence-corrected chi connectivity index (χ4v) is 4.91. The summed E-state index contributed by atoms with van der Waals surface area (Å²) in [5, 5.41) is 2.83. The van der Waals surface area contributed by atoms with Crippen LogP contribution in [0.3, 0.4) is 0 Å². The van der Waals surface area contributed by atoms with E-state index >= 15 is 0 Å². The van der Waals surface area contributed by atoms with E-state index in [2.05, 4.69) is 5.32 Å². The second-order valence-electron chi connectivity index (χ2n) is 5.31. The van der Waals surface area contributed by atoms with Crippen LogP contribution in [-0.2, 0) is 14.6 Å². The van der Waals surface area contributed by atoms with Crippen LogP contribution in [0.5, 0.6) is 0 Å². The molecule has 18 heavy (non-hydrogen) atoms. The molecule has 0 aliphatic carbocycles. The van der Waals surface area contributed by atoms with E-state index in [1.54, 1.807) is 6.92 Å². The number of carbonyl (C=O) groups excluding carboxylic acids is 1. The van der Waals surface area contributed by atoms with Gasteiger partial charge in [-0.2, -0.15) is 11.8 Å². The fraction of sp³-hybridized carbons (Fsp3) is 0.909. The summed E-state index contributed by atoms with van der Waals surface area (Å²) >= 11 is 1.53. The molecule has 0 aromatic carbocycles. The minimum Gasteiger partial charge on any atom is -0.349 e. The average molecular weight is 294 g/mol. The lowest BCUT2D eigenvalue weighted by atomic mass is 10.0. The van der Waals surface area contributed by atoms with E-state index in [1.165, 1.54) is 11.8 Å². The summed E-state index contributed by atoms with van der Waals surface area (Å²) in [6.07, 6.45) is 0.505. The Kier molecular flexibility index (Phi) is 5.48. The Bertz CT molecular complexity index is 397. The first-order valence-electron chi connectivity index (χ1n) is 6.05. The summed E-state index contributed by atoms with van der Waals surface area (Å²) in [5.74, 6) is 1.73. The number of thioether (sulfide) groups is 1. The molecule has 5 nitrogen and oxygen atoms in total. The van der Waals surface area contributed by atoms with Gasteiger partial charge in [-0.05, 0) is 31.6 Å². The highest BCUT2D eigenvalue weighted by atomic mass is 32.2. The molecule has 1 amide bonds. The van der Waals surface area contributed by atoms with E-state index in [1.807, 2.05) is 6.92 Å². The van der Waals surface area contributed by atoms with Crippen LogP contribution in [0.1, 0.15) is 20.3 Å². The molecule has 1 heterocycles. The zero-order valence-electron chi connectivity index (χ0n) is 10.9. The normalized spacial score (nSPS) is 27.9. The first kappa shape index (κ1) is 15.8. The van der Waals surface area contributed by atoms with Gasteiger partial charge in [0.15, 0.2) is 9.84 Å². The number of nitrogens with two attached hydrogens (primary N) is 1. The monoisotopic (exact) mass is 294 g/mol. The van der Waals surface area contributed by atoms with E-state index in [9.17, 15) is 13.2 Å². The second-order valence-corrected chi connectivity index (χ2v) is 8.52. The molecule has 1 fully saturated rings. The molecular weight excluding hydrogens is 272 g/mol. The van der Waals surface area contributed by atoms with Crippen LogP contribution in [0.15, 0.2) is 0 Å². The maximum absolute atomic E-state index is 11.7. The van der Waals surface area contributed by atoms with Crippen LogP contribution in [0, 0.1) is 5.92 Å². The summed E-state index contributed by atoms with van der Waals surface area (Å²) in [6, 6.07) is 0. The third-order valence-electron chi connectivity index (χ3n) is 2.98. The standard InChI is InChI=1S/C11H22N2O3S2/c1-9(5-12)6-17-7-10(14)13-11(2)3-4-18(15,16)8-11/h9H,3-8,12H2,1-2H3,(H,13,14). The Labute approximate surface area is 113 Å². The zero-order chi connectivity index (χ0) is 13.8. The number of carbonyl (C=O) groups is 1. The number of hydrogen-bond donors (Lipinski definition) is 2. The van der Waals surface area contributed by atoms with E-state index in [0.29, 0.717) is 24.6 Å². The van der Waals surface area contributed by atoms with Crippen molar-refractivity contribution in [2.75, 3.05) is 29.6 Å². The van der Waals surface area contributed by atoms with Gasteiger partial charge >= 0.3 is 0 Å². The first-order chi connectivity index (χ1) is 8.26. The molecule has 0 bridgehead atoms. The van der Waals surface area contributed by atoms with Crippen molar-refractivity contribution in [1.29, 1.82) is 0 Å². The molecule has 1 aliphatic heterocycles. The first-order valence-corrected chi connectivity index (χ1v) is 9.03. The average Bonchev–Trinajstić information content (AvgIpc) is 2.52. The SMILES string of the molecule is CC(CN)CSCC(=O)NC1(C)CCS(=O)(=O)C1. The highest BCUT2D eigenvalue weighted by molar-refractivity contribution is 7.99. The molecule has 1 saturated heterocycles. The topological polar surface area (TPSA) is 89.3 Å². The van der Waals surface area contributed by atoms with Gasteiger partial charge in [-0.3, -0.25) is 4.79 Å². The lowest BCUT2D eigenvalue weighted by Gasteiger charge is -2.23. The van der Waals surface area contributed by atoms with Gasteiger partial charge in [-0.1, -0.05) is 6.92 Å². The lowest BCUT2D eigenvalue weighted by molar-refractivity contribution is -0.120. The van der Waals surface area contributed by atoms with Crippen molar-refractivity contribution in [2.45, 2.75) is 25.8 Å². The Balaban J connectivity index is 2.32. The summed E-state index contributed by atoms with van der Waals surface area (Å²) in [5.41, 5.74) is 4.90. The molecule has 0 spiro atoms. The van der Waals surface area contributed by atoms with Gasteiger partial charge in [-0.25, -0.2) is 8.42 Å². The van der Waals surface area contributed by atoms with Crippen LogP contribution in [0.2, 0.25) is 0 Å². The predicted octanol–water partition coefficient (Wildman–Crippen LogP) is 0.00780. The molecule has 2 unspecified atom stereocenters. The largest absolute Gasteiger partial charge is 0.349 e. The molecule has 0 aromatic heterocycles. The highest BCUT2D eigenvalue weighted by Gasteiger charge is 2.39. The molecule has 106 valence electrons. The third-order valence-corrected chi connectivity index (χ3v) is 6.16. The Morgan fingerprint density at radius 3 is 2.72 bits per heavy atom. The second kappa shape index (κ2) is 6.25. The molecule has 0 aromatic rings. The molecule has 0 radical (unpaired) electrons. The van der Waals surface area contributed by atoms with Gasteiger partial charge in [0.2, 0.25) is 5.91 Å². The Morgan fingerprint density at radius 2 is 2.22 bits per heavy atom. The predicted molar refractivity (Wildman–Crippen MR) is 75.4 cm³/mol. The van der Waals surface area contributed by atoms with Crippen LogP contribution in [0.4, 0.5) is 0 Å². The lowest BCUT2D eigenvalue weighted by Crippen LogP contribution is -2.47. The quantitative estimate of drug-likeness (QED) is 0.720. The van der Waals surface area contributed by atoms with Gasteiger partial charge in [0.05, 0.1) is 22.8 Å². The van der Waals surface area contributed by atoms with E-state index in [0.717, 1.165) is 5.75 Å². The molecule has 1 rings (SSSR count). The third kappa shape index (κ3) is 5.16. The summed E-state index contributed by atoms with van der Waals surface area (Å²) < 4.78 is 22.8. The summed E-state index contributed by atoms with van der Waals surface area (Å²) in [4.78, 5) is 11.7. The van der Waals surface area contributed by atoms with Crippen LogP contribution < -0.4 is 11.1 Å². The van der Waals surface area contributed by atoms with Crippen molar-refractivity contribution in [2.24, 2.45) is 11.7 Å². The fourth-order valence-electron chi connectivity index (χ4n) is 1.90. The van der Waals surface area contributed by atoms with E-state index in [4.69, 9.17) is 5.73 Å². The maximum atomic E-state index is 11.7. The maximum Gasteiger partial charge on any atom is 0.230 e. The summed E-state index contributed by atoms with van der Waals surface area (Å²) in [6.45, 7) is 4.45. The molecule has 1 aliphatic rings. The smallest absolute Gasteiger partial charge is 0.230 e. The Morgan fingerprint density at radius 1 is 1.56 bits per heavy atom. The Hall–Kier alpha value is -0.270. The van der Waals surface area contributed by atoms with Gasteiger partial charge in [0.25, 0.3) is 0 Å². The van der Waals surface area contributed by atoms with Crippen molar-refractivity contribution in [3.8, 4) is 0 Å².